The van der Waals surface area contributed by atoms with Crippen LogP contribution in [0.15, 0.2) is 24.3 Å². The summed E-state index contributed by atoms with van der Waals surface area (Å²) in [5.74, 6) is -0.0280. The number of rotatable bonds is 3. The van der Waals surface area contributed by atoms with Crippen molar-refractivity contribution < 1.29 is 47.8 Å². The Morgan fingerprint density at radius 3 is 2.42 bits per heavy atom. The zero-order valence-corrected chi connectivity index (χ0v) is 31.1. The summed E-state index contributed by atoms with van der Waals surface area (Å²) in [5.41, 5.74) is 8.07. The van der Waals surface area contributed by atoms with Gasteiger partial charge in [-0.25, -0.2) is 0 Å². The van der Waals surface area contributed by atoms with E-state index in [9.17, 15) is 9.90 Å². The van der Waals surface area contributed by atoms with E-state index >= 15 is 0 Å². The van der Waals surface area contributed by atoms with Gasteiger partial charge in [-0.3, -0.25) is 4.79 Å². The van der Waals surface area contributed by atoms with Crippen molar-refractivity contribution in [1.82, 2.24) is 0 Å². The van der Waals surface area contributed by atoms with E-state index in [-0.39, 0.29) is 109 Å². The van der Waals surface area contributed by atoms with Gasteiger partial charge in [-0.05, 0) is 73.8 Å². The van der Waals surface area contributed by atoms with Crippen molar-refractivity contribution in [3.63, 3.8) is 0 Å². The molecule has 0 aromatic heterocycles. The van der Waals surface area contributed by atoms with E-state index in [1.54, 1.807) is 0 Å². The smallest absolute Gasteiger partial charge is 0.171 e. The van der Waals surface area contributed by atoms with Gasteiger partial charge in [0.25, 0.3) is 0 Å². The molecule has 11 heteroatoms. The first kappa shape index (κ1) is 36.4. The molecule has 19 unspecified atom stereocenters. The van der Waals surface area contributed by atoms with Crippen LogP contribution < -0.4 is 5.73 Å². The van der Waals surface area contributed by atoms with Gasteiger partial charge in [-0.2, -0.15) is 0 Å². The van der Waals surface area contributed by atoms with Gasteiger partial charge in [-0.1, -0.05) is 27.0 Å². The van der Waals surface area contributed by atoms with Gasteiger partial charge in [0.05, 0.1) is 73.8 Å². The van der Waals surface area contributed by atoms with Crippen molar-refractivity contribution in [3.05, 3.63) is 24.3 Å². The van der Waals surface area contributed by atoms with Gasteiger partial charge in [-0.15, -0.1) is 0 Å². The lowest BCUT2D eigenvalue weighted by Crippen LogP contribution is -2.66. The van der Waals surface area contributed by atoms with Gasteiger partial charge in [0, 0.05) is 51.0 Å². The minimum atomic E-state index is -0.759. The third-order valence-corrected chi connectivity index (χ3v) is 14.6. The molecule has 0 aliphatic carbocycles. The van der Waals surface area contributed by atoms with Crippen molar-refractivity contribution in [1.29, 1.82) is 0 Å². The molecule has 9 saturated heterocycles. The van der Waals surface area contributed by atoms with Crippen LogP contribution in [-0.2, 0) is 42.7 Å². The summed E-state index contributed by atoms with van der Waals surface area (Å²) in [4.78, 5) is 14.0. The van der Waals surface area contributed by atoms with Gasteiger partial charge in [0.1, 0.15) is 24.1 Å². The number of hydrogen-bond acceptors (Lipinski definition) is 11. The Hall–Kier alpha value is -1.25. The summed E-state index contributed by atoms with van der Waals surface area (Å²) in [6.45, 7) is 14.1. The third kappa shape index (κ3) is 6.71. The van der Waals surface area contributed by atoms with Crippen LogP contribution in [0.4, 0.5) is 0 Å². The number of hydrogen-bond donors (Lipinski definition) is 2. The predicted octanol–water partition coefficient (Wildman–Crippen LogP) is 4.31. The number of aliphatic hydroxyl groups is 1. The van der Waals surface area contributed by atoms with E-state index in [2.05, 4.69) is 27.0 Å². The van der Waals surface area contributed by atoms with Crippen LogP contribution in [0.3, 0.4) is 0 Å². The Morgan fingerprint density at radius 1 is 0.788 bits per heavy atom. The average molecular weight is 728 g/mol. The number of ketones is 1. The first-order valence-electron chi connectivity index (χ1n) is 20.6. The van der Waals surface area contributed by atoms with Crippen molar-refractivity contribution in [2.24, 2.45) is 29.4 Å². The summed E-state index contributed by atoms with van der Waals surface area (Å²) in [6, 6.07) is 0. The molecule has 19 atom stereocenters. The minimum absolute atomic E-state index is 0.00242. The summed E-state index contributed by atoms with van der Waals surface area (Å²) < 4.78 is 54.2. The molecule has 3 N–H and O–H groups in total. The van der Waals surface area contributed by atoms with Gasteiger partial charge >= 0.3 is 0 Å². The van der Waals surface area contributed by atoms with Gasteiger partial charge in [0.2, 0.25) is 0 Å². The molecule has 0 amide bonds. The lowest BCUT2D eigenvalue weighted by molar-refractivity contribution is -0.352. The zero-order chi connectivity index (χ0) is 35.9. The maximum absolute atomic E-state index is 14.0. The summed E-state index contributed by atoms with van der Waals surface area (Å²) in [5, 5.41) is 10.5. The molecule has 9 heterocycles. The quantitative estimate of drug-likeness (QED) is 0.403. The Bertz CT molecular complexity index is 1380. The second kappa shape index (κ2) is 14.4. The Labute approximate surface area is 308 Å². The Morgan fingerprint density at radius 2 is 1.58 bits per heavy atom. The molecular weight excluding hydrogens is 666 g/mol. The molecule has 9 aliphatic rings. The van der Waals surface area contributed by atoms with Crippen molar-refractivity contribution in [3.8, 4) is 0 Å². The molecule has 0 aromatic carbocycles. The maximum atomic E-state index is 14.0. The van der Waals surface area contributed by atoms with Crippen LogP contribution in [0.5, 0.6) is 0 Å². The van der Waals surface area contributed by atoms with Crippen molar-refractivity contribution in [2.45, 2.75) is 189 Å². The molecule has 1 spiro atoms. The van der Waals surface area contributed by atoms with Crippen LogP contribution in [0.25, 0.3) is 0 Å². The fourth-order valence-electron chi connectivity index (χ4n) is 11.5. The average Bonchev–Trinajstić information content (AvgIpc) is 3.73. The van der Waals surface area contributed by atoms with E-state index in [4.69, 9.17) is 43.6 Å². The molecule has 0 saturated carbocycles. The lowest BCUT2D eigenvalue weighted by Gasteiger charge is -2.53. The summed E-state index contributed by atoms with van der Waals surface area (Å²) in [6.07, 6.45) is 6.85. The monoisotopic (exact) mass is 727 g/mol. The first-order chi connectivity index (χ1) is 25.1. The zero-order valence-electron chi connectivity index (χ0n) is 31.1. The SMILES string of the molecule is C=C1CC2CCC34CC5OC6C(OC7CCC(CC(=O)CC8C(CC9OC(CCC1O2)CC(C)C9=C)OC(CC(O)CN)C8C)OC7C6O3)C5CO4. The van der Waals surface area contributed by atoms with E-state index in [1.807, 2.05) is 0 Å². The normalized spacial score (nSPS) is 52.6. The number of aliphatic hydroxyl groups excluding tert-OH is 1. The predicted molar refractivity (Wildman–Crippen MR) is 189 cm³/mol. The fourth-order valence-corrected chi connectivity index (χ4v) is 11.5. The number of carbonyl (C=O) groups excluding carboxylic acids is 1. The standard InChI is InChI=1S/C41H61NO10/c1-20-11-26-5-7-31-21(2)12-28(46-31)9-10-41-17-36-30(19-45-41)37-39(51-36)40(52-41)38-32(50-37)8-6-27(48-38)13-24(43)14-29-23(4)33(15-25(44)18-42)49-35(29)16-34(47-26)22(20)3/h20,23,25-40,44H,2-3,5-19,42H2,1,4H3. The van der Waals surface area contributed by atoms with Gasteiger partial charge in [0.15, 0.2) is 5.79 Å². The molecule has 0 aromatic rings. The second-order valence-electron chi connectivity index (χ2n) is 18.0. The molecule has 11 nitrogen and oxygen atoms in total. The second-order valence-corrected chi connectivity index (χ2v) is 18.0. The van der Waals surface area contributed by atoms with E-state index in [0.29, 0.717) is 44.6 Å². The number of Topliss-reactive ketones (excluding diaryl/α,β-unsaturated/α-hetero) is 1. The number of nitrogens with two attached hydrogens (primary N) is 1. The minimum Gasteiger partial charge on any atom is -0.392 e. The highest BCUT2D eigenvalue weighted by Gasteiger charge is 2.65. The largest absolute Gasteiger partial charge is 0.392 e. The van der Waals surface area contributed by atoms with E-state index in [1.165, 1.54) is 0 Å². The maximum Gasteiger partial charge on any atom is 0.171 e. The summed E-state index contributed by atoms with van der Waals surface area (Å²) >= 11 is 0. The molecule has 290 valence electrons. The van der Waals surface area contributed by atoms with Crippen molar-refractivity contribution in [2.75, 3.05) is 13.2 Å². The van der Waals surface area contributed by atoms with Crippen molar-refractivity contribution >= 4 is 5.78 Å². The van der Waals surface area contributed by atoms with Crippen LogP contribution >= 0.6 is 0 Å². The number of ether oxygens (including phenoxy) is 8. The molecule has 10 bridgehead atoms. The first-order valence-corrected chi connectivity index (χ1v) is 20.6. The third-order valence-electron chi connectivity index (χ3n) is 14.6. The molecule has 9 fully saturated rings. The Kier molecular flexibility index (Phi) is 10.0. The van der Waals surface area contributed by atoms with Crippen LogP contribution in [0.1, 0.15) is 97.3 Å². The topological polar surface area (TPSA) is 137 Å². The lowest BCUT2D eigenvalue weighted by atomic mass is 9.78. The fraction of sp³-hybridized carbons (Fsp3) is 0.878. The molecule has 52 heavy (non-hydrogen) atoms. The van der Waals surface area contributed by atoms with E-state index in [0.717, 1.165) is 62.5 Å². The number of carbonyl (C=O) groups is 1. The highest BCUT2D eigenvalue weighted by Crippen LogP contribution is 2.53. The molecular formula is C41H61NO10. The van der Waals surface area contributed by atoms with Crippen LogP contribution in [-0.4, -0.2) is 115 Å². The highest BCUT2D eigenvalue weighted by atomic mass is 16.7. The van der Waals surface area contributed by atoms with Gasteiger partial charge < -0.3 is 48.7 Å². The molecule has 9 rings (SSSR count). The Balaban J connectivity index is 0.989. The van der Waals surface area contributed by atoms with Crippen LogP contribution in [0.2, 0.25) is 0 Å². The molecule has 0 radical (unpaired) electrons. The van der Waals surface area contributed by atoms with Crippen LogP contribution in [0, 0.1) is 23.7 Å². The highest BCUT2D eigenvalue weighted by molar-refractivity contribution is 5.79. The molecule has 9 aliphatic heterocycles. The number of fused-ring (bicyclic) bond motifs is 7. The van der Waals surface area contributed by atoms with E-state index < -0.39 is 11.9 Å². The summed E-state index contributed by atoms with van der Waals surface area (Å²) in [7, 11) is 0.